The maximum Gasteiger partial charge on any atom is 0.160 e. The summed E-state index contributed by atoms with van der Waals surface area (Å²) >= 11 is 0. The van der Waals surface area contributed by atoms with Crippen molar-refractivity contribution >= 4 is 0 Å². The minimum absolute atomic E-state index is 0.0343. The molecule has 102 valence electrons. The highest BCUT2D eigenvalue weighted by Crippen LogP contribution is 2.47. The SMILES string of the molecule is Oc1ccc2c(c1O)CC[C@@H]1[C@@H]2CCCN1C1CC1. The van der Waals surface area contributed by atoms with Crippen LogP contribution in [0.1, 0.15) is 49.1 Å². The summed E-state index contributed by atoms with van der Waals surface area (Å²) in [6.07, 6.45) is 7.27. The predicted octanol–water partition coefficient (Wildman–Crippen LogP) is 2.75. The molecule has 0 unspecified atom stereocenters. The first-order chi connectivity index (χ1) is 9.25. The Balaban J connectivity index is 1.72. The Bertz CT molecular complexity index is 510. The van der Waals surface area contributed by atoms with E-state index in [1.807, 2.05) is 6.07 Å². The number of rotatable bonds is 1. The number of likely N-dealkylation sites (tertiary alicyclic amines) is 1. The molecule has 2 aliphatic carbocycles. The first-order valence-corrected chi connectivity index (χ1v) is 7.55. The largest absolute Gasteiger partial charge is 0.504 e. The van der Waals surface area contributed by atoms with Crippen LogP contribution < -0.4 is 0 Å². The van der Waals surface area contributed by atoms with E-state index in [0.717, 1.165) is 24.4 Å². The summed E-state index contributed by atoms with van der Waals surface area (Å²) < 4.78 is 0. The highest BCUT2D eigenvalue weighted by atomic mass is 16.3. The summed E-state index contributed by atoms with van der Waals surface area (Å²) in [4.78, 5) is 2.72. The van der Waals surface area contributed by atoms with E-state index in [0.29, 0.717) is 12.0 Å². The summed E-state index contributed by atoms with van der Waals surface area (Å²) in [6.45, 7) is 1.26. The van der Waals surface area contributed by atoms with Gasteiger partial charge in [-0.2, -0.15) is 0 Å². The first kappa shape index (κ1) is 11.6. The van der Waals surface area contributed by atoms with Crippen molar-refractivity contribution in [3.05, 3.63) is 23.3 Å². The molecule has 19 heavy (non-hydrogen) atoms. The monoisotopic (exact) mass is 259 g/mol. The second kappa shape index (κ2) is 4.14. The Morgan fingerprint density at radius 3 is 2.68 bits per heavy atom. The third-order valence-corrected chi connectivity index (χ3v) is 5.23. The van der Waals surface area contributed by atoms with Crippen LogP contribution in [0.15, 0.2) is 12.1 Å². The van der Waals surface area contributed by atoms with Crippen molar-refractivity contribution in [3.63, 3.8) is 0 Å². The van der Waals surface area contributed by atoms with Gasteiger partial charge < -0.3 is 10.2 Å². The molecule has 1 aromatic rings. The van der Waals surface area contributed by atoms with Crippen LogP contribution >= 0.6 is 0 Å². The van der Waals surface area contributed by atoms with Crippen molar-refractivity contribution in [1.82, 2.24) is 4.90 Å². The number of fused-ring (bicyclic) bond motifs is 3. The zero-order chi connectivity index (χ0) is 13.0. The molecule has 1 saturated heterocycles. The number of nitrogens with zero attached hydrogens (tertiary/aromatic N) is 1. The molecule has 0 spiro atoms. The first-order valence-electron chi connectivity index (χ1n) is 7.55. The minimum Gasteiger partial charge on any atom is -0.504 e. The third kappa shape index (κ3) is 1.75. The van der Waals surface area contributed by atoms with Gasteiger partial charge in [0.15, 0.2) is 11.5 Å². The molecular weight excluding hydrogens is 238 g/mol. The number of phenolic OH excluding ortho intramolecular Hbond substituents is 2. The fourth-order valence-corrected chi connectivity index (χ4v) is 4.21. The molecule has 1 heterocycles. The van der Waals surface area contributed by atoms with Crippen LogP contribution in [0.4, 0.5) is 0 Å². The van der Waals surface area contributed by atoms with E-state index in [1.165, 1.54) is 37.8 Å². The van der Waals surface area contributed by atoms with Crippen molar-refractivity contribution < 1.29 is 10.2 Å². The second-order valence-corrected chi connectivity index (χ2v) is 6.32. The van der Waals surface area contributed by atoms with E-state index in [1.54, 1.807) is 6.07 Å². The van der Waals surface area contributed by atoms with Gasteiger partial charge in [-0.3, -0.25) is 4.90 Å². The molecule has 0 bridgehead atoms. The number of benzene rings is 1. The molecule has 1 aliphatic heterocycles. The Labute approximate surface area is 113 Å². The van der Waals surface area contributed by atoms with Crippen molar-refractivity contribution in [1.29, 1.82) is 0 Å². The number of phenols is 2. The Morgan fingerprint density at radius 2 is 1.89 bits per heavy atom. The van der Waals surface area contributed by atoms with Gasteiger partial charge in [-0.05, 0) is 62.6 Å². The van der Waals surface area contributed by atoms with Gasteiger partial charge >= 0.3 is 0 Å². The number of hydrogen-bond acceptors (Lipinski definition) is 3. The molecule has 0 radical (unpaired) electrons. The molecule has 1 aromatic carbocycles. The lowest BCUT2D eigenvalue weighted by Crippen LogP contribution is -2.47. The van der Waals surface area contributed by atoms with Gasteiger partial charge in [0.25, 0.3) is 0 Å². The topological polar surface area (TPSA) is 43.7 Å². The van der Waals surface area contributed by atoms with Crippen LogP contribution in [-0.4, -0.2) is 33.7 Å². The Morgan fingerprint density at radius 1 is 1.05 bits per heavy atom. The van der Waals surface area contributed by atoms with Gasteiger partial charge in [0, 0.05) is 17.6 Å². The molecule has 3 heteroatoms. The van der Waals surface area contributed by atoms with E-state index in [-0.39, 0.29) is 11.5 Å². The second-order valence-electron chi connectivity index (χ2n) is 6.32. The third-order valence-electron chi connectivity index (χ3n) is 5.23. The zero-order valence-electron chi connectivity index (χ0n) is 11.2. The average Bonchev–Trinajstić information content (AvgIpc) is 3.26. The Kier molecular flexibility index (Phi) is 2.52. The van der Waals surface area contributed by atoms with Crippen LogP contribution in [0.5, 0.6) is 11.5 Å². The fourth-order valence-electron chi connectivity index (χ4n) is 4.21. The van der Waals surface area contributed by atoms with Gasteiger partial charge in [-0.25, -0.2) is 0 Å². The maximum atomic E-state index is 10.1. The van der Waals surface area contributed by atoms with E-state index < -0.39 is 0 Å². The predicted molar refractivity (Wildman–Crippen MR) is 73.6 cm³/mol. The van der Waals surface area contributed by atoms with Crippen LogP contribution in [-0.2, 0) is 6.42 Å². The molecule has 0 aromatic heterocycles. The van der Waals surface area contributed by atoms with Gasteiger partial charge in [0.2, 0.25) is 0 Å². The highest BCUT2D eigenvalue weighted by Gasteiger charge is 2.42. The van der Waals surface area contributed by atoms with Gasteiger partial charge in [-0.15, -0.1) is 0 Å². The number of piperidine rings is 1. The number of aromatic hydroxyl groups is 2. The van der Waals surface area contributed by atoms with Crippen molar-refractivity contribution in [2.75, 3.05) is 6.54 Å². The van der Waals surface area contributed by atoms with E-state index in [2.05, 4.69) is 4.90 Å². The fraction of sp³-hybridized carbons (Fsp3) is 0.625. The van der Waals surface area contributed by atoms with E-state index in [4.69, 9.17) is 0 Å². The van der Waals surface area contributed by atoms with Crippen LogP contribution in [0.25, 0.3) is 0 Å². The lowest BCUT2D eigenvalue weighted by molar-refractivity contribution is 0.104. The number of hydrogen-bond donors (Lipinski definition) is 2. The van der Waals surface area contributed by atoms with E-state index >= 15 is 0 Å². The molecule has 3 nitrogen and oxygen atoms in total. The molecule has 4 rings (SSSR count). The lowest BCUT2D eigenvalue weighted by Gasteiger charge is -2.45. The summed E-state index contributed by atoms with van der Waals surface area (Å²) in [5, 5.41) is 19.7. The van der Waals surface area contributed by atoms with Crippen LogP contribution in [0.2, 0.25) is 0 Å². The summed E-state index contributed by atoms with van der Waals surface area (Å²) in [5.41, 5.74) is 2.29. The lowest BCUT2D eigenvalue weighted by atomic mass is 9.74. The van der Waals surface area contributed by atoms with Crippen LogP contribution in [0, 0.1) is 0 Å². The van der Waals surface area contributed by atoms with Crippen molar-refractivity contribution in [2.24, 2.45) is 0 Å². The Hall–Kier alpha value is -1.22. The molecule has 2 fully saturated rings. The highest BCUT2D eigenvalue weighted by molar-refractivity contribution is 5.52. The summed E-state index contributed by atoms with van der Waals surface area (Å²) in [5.74, 6) is 0.719. The zero-order valence-corrected chi connectivity index (χ0v) is 11.2. The normalized spacial score (nSPS) is 30.7. The van der Waals surface area contributed by atoms with Gasteiger partial charge in [0.1, 0.15) is 0 Å². The van der Waals surface area contributed by atoms with Gasteiger partial charge in [0.05, 0.1) is 0 Å². The van der Waals surface area contributed by atoms with Crippen molar-refractivity contribution in [2.45, 2.75) is 56.5 Å². The van der Waals surface area contributed by atoms with Crippen LogP contribution in [0.3, 0.4) is 0 Å². The smallest absolute Gasteiger partial charge is 0.160 e. The van der Waals surface area contributed by atoms with Crippen molar-refractivity contribution in [3.8, 4) is 11.5 Å². The molecular formula is C16H21NO2. The summed E-state index contributed by atoms with van der Waals surface area (Å²) in [6, 6.07) is 5.20. The molecule has 0 amide bonds. The standard InChI is InChI=1S/C16H21NO2/c18-15-8-6-11-12-2-1-9-17(10-3-4-10)14(12)7-5-13(11)16(15)19/h6,8,10,12,14,18-19H,1-5,7,9H2/t12-,14-/m1/s1. The maximum absolute atomic E-state index is 10.1. The minimum atomic E-state index is 0.0343. The molecule has 2 atom stereocenters. The molecule has 2 N–H and O–H groups in total. The van der Waals surface area contributed by atoms with E-state index in [9.17, 15) is 10.2 Å². The van der Waals surface area contributed by atoms with Gasteiger partial charge in [-0.1, -0.05) is 6.07 Å². The summed E-state index contributed by atoms with van der Waals surface area (Å²) in [7, 11) is 0. The quantitative estimate of drug-likeness (QED) is 0.762. The molecule has 1 saturated carbocycles. The molecule has 3 aliphatic rings. The average molecular weight is 259 g/mol.